The predicted octanol–water partition coefficient (Wildman–Crippen LogP) is 1.17. The number of nitrogens with zero attached hydrogens (tertiary/aromatic N) is 3. The molecule has 1 aromatic rings. The second-order valence-electron chi connectivity index (χ2n) is 7.83. The lowest BCUT2D eigenvalue weighted by molar-refractivity contribution is -0.143. The fourth-order valence-electron chi connectivity index (χ4n) is 4.08. The third-order valence-corrected chi connectivity index (χ3v) is 6.46. The molecule has 27 heavy (non-hydrogen) atoms. The minimum atomic E-state index is -3.17. The molecule has 2 fully saturated rings. The quantitative estimate of drug-likeness (QED) is 0.749. The van der Waals surface area contributed by atoms with Gasteiger partial charge in [-0.05, 0) is 38.3 Å². The van der Waals surface area contributed by atoms with E-state index >= 15 is 0 Å². The Hall–Kier alpha value is -1.96. The second-order valence-corrected chi connectivity index (χ2v) is 10.1. The molecule has 3 heterocycles. The first-order valence-electron chi connectivity index (χ1n) is 9.36. The van der Waals surface area contributed by atoms with Gasteiger partial charge < -0.3 is 9.80 Å². The van der Waals surface area contributed by atoms with Crippen LogP contribution in [0, 0.1) is 12.3 Å². The Balaban J connectivity index is 1.65. The molecule has 0 saturated carbocycles. The van der Waals surface area contributed by atoms with Crippen LogP contribution in [-0.2, 0) is 26.0 Å². The van der Waals surface area contributed by atoms with E-state index in [1.54, 1.807) is 4.90 Å². The molecule has 7 nitrogen and oxygen atoms in total. The van der Waals surface area contributed by atoms with Gasteiger partial charge in [-0.15, -0.1) is 0 Å². The highest BCUT2D eigenvalue weighted by atomic mass is 32.2. The molecule has 148 valence electrons. The number of amides is 2. The lowest BCUT2D eigenvalue weighted by Crippen LogP contribution is -2.50. The summed E-state index contributed by atoms with van der Waals surface area (Å²) >= 11 is 0. The van der Waals surface area contributed by atoms with Crippen LogP contribution in [0.15, 0.2) is 18.2 Å². The van der Waals surface area contributed by atoms with Gasteiger partial charge in [0, 0.05) is 38.0 Å². The minimum Gasteiger partial charge on any atom is -0.342 e. The molecular formula is C19H27N3O4S. The molecule has 2 saturated heterocycles. The van der Waals surface area contributed by atoms with Gasteiger partial charge in [-0.25, -0.2) is 8.42 Å². The number of aryl methyl sites for hydroxylation is 1. The molecule has 0 N–H and O–H groups in total. The summed E-state index contributed by atoms with van der Waals surface area (Å²) in [5.41, 5.74) is 1.27. The molecule has 1 spiro atoms. The molecule has 3 rings (SSSR count). The molecule has 2 amide bonds. The van der Waals surface area contributed by atoms with Gasteiger partial charge in [-0.3, -0.25) is 14.6 Å². The number of piperidine rings is 1. The van der Waals surface area contributed by atoms with Crippen molar-refractivity contribution < 1.29 is 18.0 Å². The lowest BCUT2D eigenvalue weighted by atomic mass is 9.78. The summed E-state index contributed by atoms with van der Waals surface area (Å²) in [7, 11) is -3.17. The monoisotopic (exact) mass is 393 g/mol. The van der Waals surface area contributed by atoms with Crippen LogP contribution in [0.5, 0.6) is 0 Å². The number of hydrogen-bond donors (Lipinski definition) is 0. The fourth-order valence-corrected chi connectivity index (χ4v) is 4.63. The van der Waals surface area contributed by atoms with Crippen molar-refractivity contribution in [2.45, 2.75) is 39.2 Å². The summed E-state index contributed by atoms with van der Waals surface area (Å²) in [6, 6.07) is 5.79. The van der Waals surface area contributed by atoms with Crippen molar-refractivity contribution in [2.75, 3.05) is 31.6 Å². The first kappa shape index (κ1) is 19.8. The largest absolute Gasteiger partial charge is 0.342 e. The molecule has 0 aliphatic carbocycles. The Morgan fingerprint density at radius 1 is 1.26 bits per heavy atom. The summed E-state index contributed by atoms with van der Waals surface area (Å²) < 4.78 is 22.6. The highest BCUT2D eigenvalue weighted by molar-refractivity contribution is 7.90. The molecule has 0 bridgehead atoms. The Kier molecular flexibility index (Phi) is 5.55. The van der Waals surface area contributed by atoms with Crippen LogP contribution in [0.1, 0.15) is 37.1 Å². The van der Waals surface area contributed by atoms with Gasteiger partial charge in [0.2, 0.25) is 11.8 Å². The third kappa shape index (κ3) is 4.66. The van der Waals surface area contributed by atoms with E-state index in [1.807, 2.05) is 30.0 Å². The number of hydrogen-bond acceptors (Lipinski definition) is 5. The number of rotatable bonds is 5. The molecule has 0 radical (unpaired) electrons. The summed E-state index contributed by atoms with van der Waals surface area (Å²) in [6.45, 7) is 4.07. The van der Waals surface area contributed by atoms with Crippen LogP contribution < -0.4 is 0 Å². The normalized spacial score (nSPS) is 23.3. The van der Waals surface area contributed by atoms with Crippen LogP contribution in [-0.4, -0.2) is 66.7 Å². The van der Waals surface area contributed by atoms with E-state index in [1.165, 1.54) is 0 Å². The van der Waals surface area contributed by atoms with Crippen LogP contribution in [0.3, 0.4) is 0 Å². The van der Waals surface area contributed by atoms with Crippen molar-refractivity contribution >= 4 is 21.7 Å². The number of sulfone groups is 1. The highest BCUT2D eigenvalue weighted by Crippen LogP contribution is 2.40. The van der Waals surface area contributed by atoms with E-state index in [2.05, 4.69) is 4.98 Å². The van der Waals surface area contributed by atoms with Crippen molar-refractivity contribution in [1.29, 1.82) is 0 Å². The Labute approximate surface area is 160 Å². The fraction of sp³-hybridized carbons (Fsp3) is 0.632. The van der Waals surface area contributed by atoms with E-state index in [0.717, 1.165) is 36.9 Å². The minimum absolute atomic E-state index is 0.0139. The van der Waals surface area contributed by atoms with Gasteiger partial charge in [0.15, 0.2) is 0 Å². The number of carbonyl (C=O) groups excluding carboxylic acids is 2. The molecule has 1 aromatic heterocycles. The van der Waals surface area contributed by atoms with Gasteiger partial charge in [0.1, 0.15) is 9.84 Å². The van der Waals surface area contributed by atoms with Crippen molar-refractivity contribution in [3.05, 3.63) is 29.6 Å². The van der Waals surface area contributed by atoms with Crippen molar-refractivity contribution in [1.82, 2.24) is 14.8 Å². The molecule has 2 aliphatic heterocycles. The number of likely N-dealkylation sites (tertiary alicyclic amines) is 2. The molecule has 0 aromatic carbocycles. The SMILES string of the molecule is Cc1cccc(CN2CCC3(CCCN(C(=O)CCS(C)(=O)=O)C3)C2=O)n1. The Morgan fingerprint density at radius 3 is 2.74 bits per heavy atom. The van der Waals surface area contributed by atoms with Crippen LogP contribution in [0.25, 0.3) is 0 Å². The molecule has 1 unspecified atom stereocenters. The van der Waals surface area contributed by atoms with Gasteiger partial charge in [0.25, 0.3) is 0 Å². The zero-order valence-electron chi connectivity index (χ0n) is 16.0. The first-order valence-corrected chi connectivity index (χ1v) is 11.4. The summed E-state index contributed by atoms with van der Waals surface area (Å²) in [5, 5.41) is 0. The molecule has 1 atom stereocenters. The van der Waals surface area contributed by atoms with Crippen molar-refractivity contribution in [2.24, 2.45) is 5.41 Å². The molecule has 2 aliphatic rings. The average Bonchev–Trinajstić information content (AvgIpc) is 2.88. The van der Waals surface area contributed by atoms with Crippen molar-refractivity contribution in [3.8, 4) is 0 Å². The number of aromatic nitrogens is 1. The highest BCUT2D eigenvalue weighted by Gasteiger charge is 2.49. The van der Waals surface area contributed by atoms with Crippen LogP contribution in [0.2, 0.25) is 0 Å². The maximum atomic E-state index is 13.1. The molecule has 8 heteroatoms. The van der Waals surface area contributed by atoms with Crippen LogP contribution >= 0.6 is 0 Å². The number of carbonyl (C=O) groups is 2. The van der Waals surface area contributed by atoms with E-state index in [0.29, 0.717) is 26.2 Å². The Morgan fingerprint density at radius 2 is 2.04 bits per heavy atom. The maximum absolute atomic E-state index is 13.1. The number of pyridine rings is 1. The van der Waals surface area contributed by atoms with Gasteiger partial charge in [0.05, 0.1) is 23.4 Å². The average molecular weight is 394 g/mol. The lowest BCUT2D eigenvalue weighted by Gasteiger charge is -2.39. The van der Waals surface area contributed by atoms with E-state index < -0.39 is 15.3 Å². The van der Waals surface area contributed by atoms with Gasteiger partial charge in [-0.2, -0.15) is 0 Å². The Bertz CT molecular complexity index is 839. The van der Waals surface area contributed by atoms with Crippen molar-refractivity contribution in [3.63, 3.8) is 0 Å². The zero-order valence-corrected chi connectivity index (χ0v) is 16.8. The summed E-state index contributed by atoms with van der Waals surface area (Å²) in [6.07, 6.45) is 3.40. The second kappa shape index (κ2) is 7.58. The van der Waals surface area contributed by atoms with Gasteiger partial charge >= 0.3 is 0 Å². The maximum Gasteiger partial charge on any atom is 0.231 e. The standard InChI is InChI=1S/C19H27N3O4S/c1-15-5-3-6-16(20-15)13-21-11-9-19(18(21)24)8-4-10-22(14-19)17(23)7-12-27(2,25)26/h3,5-6H,4,7-14H2,1-2H3. The summed E-state index contributed by atoms with van der Waals surface area (Å²) in [5.74, 6) is -0.230. The predicted molar refractivity (Wildman–Crippen MR) is 102 cm³/mol. The van der Waals surface area contributed by atoms with E-state index in [4.69, 9.17) is 0 Å². The van der Waals surface area contributed by atoms with E-state index in [9.17, 15) is 18.0 Å². The van der Waals surface area contributed by atoms with Gasteiger partial charge in [-0.1, -0.05) is 6.07 Å². The first-order chi connectivity index (χ1) is 12.7. The molecular weight excluding hydrogens is 366 g/mol. The third-order valence-electron chi connectivity index (χ3n) is 5.52. The van der Waals surface area contributed by atoms with Crippen LogP contribution in [0.4, 0.5) is 0 Å². The summed E-state index contributed by atoms with van der Waals surface area (Å²) in [4.78, 5) is 33.6. The van der Waals surface area contributed by atoms with E-state index in [-0.39, 0.29) is 24.0 Å². The zero-order chi connectivity index (χ0) is 19.7. The smallest absolute Gasteiger partial charge is 0.231 e. The topological polar surface area (TPSA) is 87.7 Å².